The number of amides is 2. The summed E-state index contributed by atoms with van der Waals surface area (Å²) in [7, 11) is 0. The SMILES string of the molecule is CCC(C)NC(=O)c1cccc(C(=O)NCc2ccncc2)c1. The summed E-state index contributed by atoms with van der Waals surface area (Å²) in [4.78, 5) is 28.3. The molecule has 0 aliphatic carbocycles. The number of aromatic nitrogens is 1. The van der Waals surface area contributed by atoms with E-state index in [2.05, 4.69) is 15.6 Å². The van der Waals surface area contributed by atoms with Crippen molar-refractivity contribution in [1.82, 2.24) is 15.6 Å². The summed E-state index contributed by atoms with van der Waals surface area (Å²) >= 11 is 0. The highest BCUT2D eigenvalue weighted by molar-refractivity contribution is 5.99. The van der Waals surface area contributed by atoms with Gasteiger partial charge >= 0.3 is 0 Å². The van der Waals surface area contributed by atoms with Gasteiger partial charge in [-0.15, -0.1) is 0 Å². The molecule has 2 rings (SSSR count). The van der Waals surface area contributed by atoms with E-state index >= 15 is 0 Å². The summed E-state index contributed by atoms with van der Waals surface area (Å²) in [5.41, 5.74) is 1.93. The van der Waals surface area contributed by atoms with Crippen LogP contribution in [0.1, 0.15) is 46.5 Å². The number of rotatable bonds is 6. The Kier molecular flexibility index (Phi) is 5.86. The molecule has 0 aliphatic heterocycles. The quantitative estimate of drug-likeness (QED) is 0.861. The van der Waals surface area contributed by atoms with E-state index in [1.807, 2.05) is 26.0 Å². The van der Waals surface area contributed by atoms with Crippen molar-refractivity contribution in [2.45, 2.75) is 32.9 Å². The number of pyridine rings is 1. The van der Waals surface area contributed by atoms with Crippen LogP contribution in [-0.2, 0) is 6.54 Å². The molecule has 2 amide bonds. The van der Waals surface area contributed by atoms with Gasteiger partial charge in [-0.25, -0.2) is 0 Å². The minimum absolute atomic E-state index is 0.103. The van der Waals surface area contributed by atoms with Crippen LogP contribution in [0, 0.1) is 0 Å². The average molecular weight is 311 g/mol. The van der Waals surface area contributed by atoms with Crippen LogP contribution in [0.4, 0.5) is 0 Å². The standard InChI is InChI=1S/C18H21N3O2/c1-3-13(2)21-18(23)16-6-4-5-15(11-16)17(22)20-12-14-7-9-19-10-8-14/h4-11,13H,3,12H2,1-2H3,(H,20,22)(H,21,23). The van der Waals surface area contributed by atoms with E-state index in [-0.39, 0.29) is 17.9 Å². The third kappa shape index (κ3) is 4.92. The molecule has 1 unspecified atom stereocenters. The van der Waals surface area contributed by atoms with Crippen LogP contribution in [0.15, 0.2) is 48.8 Å². The smallest absolute Gasteiger partial charge is 0.251 e. The van der Waals surface area contributed by atoms with Crippen molar-refractivity contribution in [3.05, 3.63) is 65.5 Å². The zero-order chi connectivity index (χ0) is 16.7. The van der Waals surface area contributed by atoms with Crippen LogP contribution in [-0.4, -0.2) is 22.8 Å². The Balaban J connectivity index is 2.01. The number of carbonyl (C=O) groups is 2. The third-order valence-electron chi connectivity index (χ3n) is 3.58. The average Bonchev–Trinajstić information content (AvgIpc) is 2.60. The molecule has 120 valence electrons. The monoisotopic (exact) mass is 311 g/mol. The van der Waals surface area contributed by atoms with Crippen molar-refractivity contribution in [2.24, 2.45) is 0 Å². The summed E-state index contributed by atoms with van der Waals surface area (Å²) in [5.74, 6) is -0.372. The van der Waals surface area contributed by atoms with E-state index in [9.17, 15) is 9.59 Å². The molecule has 2 aromatic rings. The van der Waals surface area contributed by atoms with E-state index in [4.69, 9.17) is 0 Å². The highest BCUT2D eigenvalue weighted by Gasteiger charge is 2.11. The maximum Gasteiger partial charge on any atom is 0.251 e. The predicted molar refractivity (Wildman–Crippen MR) is 89.1 cm³/mol. The first-order valence-corrected chi connectivity index (χ1v) is 7.68. The predicted octanol–water partition coefficient (Wildman–Crippen LogP) is 2.54. The Morgan fingerprint density at radius 3 is 2.39 bits per heavy atom. The minimum Gasteiger partial charge on any atom is -0.350 e. The number of carbonyl (C=O) groups excluding carboxylic acids is 2. The van der Waals surface area contributed by atoms with Gasteiger partial charge in [0, 0.05) is 36.1 Å². The molecular formula is C18H21N3O2. The van der Waals surface area contributed by atoms with E-state index in [0.29, 0.717) is 17.7 Å². The van der Waals surface area contributed by atoms with Gasteiger partial charge in [-0.3, -0.25) is 14.6 Å². The molecule has 23 heavy (non-hydrogen) atoms. The highest BCUT2D eigenvalue weighted by atomic mass is 16.2. The first-order valence-electron chi connectivity index (χ1n) is 7.68. The molecule has 0 spiro atoms. The summed E-state index contributed by atoms with van der Waals surface area (Å²) < 4.78 is 0. The summed E-state index contributed by atoms with van der Waals surface area (Å²) in [6.07, 6.45) is 4.22. The van der Waals surface area contributed by atoms with Gasteiger partial charge in [-0.2, -0.15) is 0 Å². The van der Waals surface area contributed by atoms with Gasteiger partial charge in [-0.1, -0.05) is 13.0 Å². The molecule has 0 saturated carbocycles. The van der Waals surface area contributed by atoms with Crippen LogP contribution in [0.25, 0.3) is 0 Å². The van der Waals surface area contributed by atoms with Crippen molar-refractivity contribution >= 4 is 11.8 Å². The van der Waals surface area contributed by atoms with Gasteiger partial charge in [0.2, 0.25) is 0 Å². The molecule has 5 heteroatoms. The Bertz CT molecular complexity index is 671. The van der Waals surface area contributed by atoms with Crippen LogP contribution < -0.4 is 10.6 Å². The number of benzene rings is 1. The second-order valence-corrected chi connectivity index (χ2v) is 5.40. The molecule has 1 heterocycles. The normalized spacial score (nSPS) is 11.6. The van der Waals surface area contributed by atoms with Crippen molar-refractivity contribution in [3.63, 3.8) is 0 Å². The molecule has 0 aliphatic rings. The van der Waals surface area contributed by atoms with Crippen LogP contribution in [0.3, 0.4) is 0 Å². The van der Waals surface area contributed by atoms with Gasteiger partial charge < -0.3 is 10.6 Å². The maximum atomic E-state index is 12.2. The van der Waals surface area contributed by atoms with Crippen molar-refractivity contribution < 1.29 is 9.59 Å². The summed E-state index contributed by atoms with van der Waals surface area (Å²) in [5, 5.41) is 5.73. The fourth-order valence-corrected chi connectivity index (χ4v) is 2.00. The van der Waals surface area contributed by atoms with Gasteiger partial charge in [0.1, 0.15) is 0 Å². The fourth-order valence-electron chi connectivity index (χ4n) is 2.00. The number of hydrogen-bond donors (Lipinski definition) is 2. The van der Waals surface area contributed by atoms with E-state index in [1.165, 1.54) is 0 Å². The molecule has 0 fully saturated rings. The molecule has 0 radical (unpaired) electrons. The van der Waals surface area contributed by atoms with Crippen LogP contribution >= 0.6 is 0 Å². The summed E-state index contributed by atoms with van der Waals surface area (Å²) in [6, 6.07) is 10.5. The molecule has 1 aromatic heterocycles. The second kappa shape index (κ2) is 8.08. The second-order valence-electron chi connectivity index (χ2n) is 5.40. The lowest BCUT2D eigenvalue weighted by atomic mass is 10.1. The van der Waals surface area contributed by atoms with Crippen molar-refractivity contribution in [3.8, 4) is 0 Å². The lowest BCUT2D eigenvalue weighted by Gasteiger charge is -2.12. The van der Waals surface area contributed by atoms with Crippen molar-refractivity contribution in [2.75, 3.05) is 0 Å². The van der Waals surface area contributed by atoms with E-state index in [0.717, 1.165) is 12.0 Å². The highest BCUT2D eigenvalue weighted by Crippen LogP contribution is 2.07. The molecule has 5 nitrogen and oxygen atoms in total. The first kappa shape index (κ1) is 16.7. The lowest BCUT2D eigenvalue weighted by molar-refractivity contribution is 0.0939. The van der Waals surface area contributed by atoms with Gasteiger partial charge in [0.25, 0.3) is 11.8 Å². The molecule has 1 aromatic carbocycles. The van der Waals surface area contributed by atoms with Gasteiger partial charge in [-0.05, 0) is 49.2 Å². The molecule has 0 saturated heterocycles. The Hall–Kier alpha value is -2.69. The third-order valence-corrected chi connectivity index (χ3v) is 3.58. The Morgan fingerprint density at radius 2 is 1.74 bits per heavy atom. The zero-order valence-electron chi connectivity index (χ0n) is 13.4. The molecule has 0 bridgehead atoms. The minimum atomic E-state index is -0.208. The van der Waals surface area contributed by atoms with Crippen molar-refractivity contribution in [1.29, 1.82) is 0 Å². The van der Waals surface area contributed by atoms with Gasteiger partial charge in [0.15, 0.2) is 0 Å². The number of nitrogens with zero attached hydrogens (tertiary/aromatic N) is 1. The largest absolute Gasteiger partial charge is 0.350 e. The Morgan fingerprint density at radius 1 is 1.09 bits per heavy atom. The van der Waals surface area contributed by atoms with E-state index < -0.39 is 0 Å². The lowest BCUT2D eigenvalue weighted by Crippen LogP contribution is -2.32. The Labute approximate surface area is 136 Å². The summed E-state index contributed by atoms with van der Waals surface area (Å²) in [6.45, 7) is 4.38. The zero-order valence-corrected chi connectivity index (χ0v) is 13.4. The maximum absolute atomic E-state index is 12.2. The number of nitrogens with one attached hydrogen (secondary N) is 2. The van der Waals surface area contributed by atoms with Gasteiger partial charge in [0.05, 0.1) is 0 Å². The molecular weight excluding hydrogens is 290 g/mol. The number of hydrogen-bond acceptors (Lipinski definition) is 3. The molecule has 1 atom stereocenters. The van der Waals surface area contributed by atoms with Crippen LogP contribution in [0.2, 0.25) is 0 Å². The fraction of sp³-hybridized carbons (Fsp3) is 0.278. The van der Waals surface area contributed by atoms with E-state index in [1.54, 1.807) is 36.7 Å². The molecule has 2 N–H and O–H groups in total. The van der Waals surface area contributed by atoms with Crippen LogP contribution in [0.5, 0.6) is 0 Å². The topological polar surface area (TPSA) is 71.1 Å². The first-order chi connectivity index (χ1) is 11.1.